The average molecular weight is 125 g/mol. The fraction of sp³-hybridized carbons (Fsp3) is 0.750. The molecule has 1 N–H and O–H groups in total. The van der Waals surface area contributed by atoms with Crippen molar-refractivity contribution >= 4 is 0 Å². The zero-order valence-electron chi connectivity index (χ0n) is 6.28. The predicted molar refractivity (Wildman–Crippen MR) is 40.1 cm³/mol. The molecular formula is C8H15N. The summed E-state index contributed by atoms with van der Waals surface area (Å²) >= 11 is 0. The topological polar surface area (TPSA) is 12.0 Å². The Labute approximate surface area is 57.1 Å². The highest BCUT2D eigenvalue weighted by molar-refractivity contribution is 5.00. The molecule has 1 saturated heterocycles. The lowest BCUT2D eigenvalue weighted by Gasteiger charge is -2.10. The van der Waals surface area contributed by atoms with Gasteiger partial charge in [0.05, 0.1) is 0 Å². The van der Waals surface area contributed by atoms with Crippen LogP contribution >= 0.6 is 0 Å². The second-order valence-electron chi connectivity index (χ2n) is 3.19. The van der Waals surface area contributed by atoms with Gasteiger partial charge in [0.25, 0.3) is 0 Å². The van der Waals surface area contributed by atoms with Crippen molar-refractivity contribution in [3.8, 4) is 0 Å². The molecule has 0 aromatic heterocycles. The molecule has 1 rings (SSSR count). The summed E-state index contributed by atoms with van der Waals surface area (Å²) in [5, 5.41) is 3.26. The smallest absolute Gasteiger partial charge is 0.0178 e. The molecule has 1 aliphatic rings. The van der Waals surface area contributed by atoms with Crippen LogP contribution in [0.15, 0.2) is 12.3 Å². The van der Waals surface area contributed by atoms with Gasteiger partial charge in [-0.2, -0.15) is 0 Å². The van der Waals surface area contributed by atoms with Gasteiger partial charge >= 0.3 is 0 Å². The molecule has 0 radical (unpaired) electrons. The summed E-state index contributed by atoms with van der Waals surface area (Å²) in [6, 6.07) is 0. The van der Waals surface area contributed by atoms with E-state index in [-0.39, 0.29) is 0 Å². The molecule has 1 nitrogen and oxygen atoms in total. The van der Waals surface area contributed by atoms with Crippen LogP contribution in [0.1, 0.15) is 20.3 Å². The Hall–Kier alpha value is -0.460. The predicted octanol–water partition coefficient (Wildman–Crippen LogP) is 1.77. The summed E-state index contributed by atoms with van der Waals surface area (Å²) in [4.78, 5) is 0. The minimum Gasteiger partial charge on any atom is -0.389 e. The monoisotopic (exact) mass is 125 g/mol. The first-order valence-electron chi connectivity index (χ1n) is 3.62. The Morgan fingerprint density at radius 3 is 2.56 bits per heavy atom. The molecule has 0 saturated carbocycles. The fourth-order valence-corrected chi connectivity index (χ4v) is 1.21. The number of allylic oxidation sites excluding steroid dienone is 1. The van der Waals surface area contributed by atoms with Gasteiger partial charge in [0.1, 0.15) is 0 Å². The molecular weight excluding hydrogens is 110 g/mol. The summed E-state index contributed by atoms with van der Waals surface area (Å²) < 4.78 is 0. The molecule has 0 unspecified atom stereocenters. The zero-order chi connectivity index (χ0) is 6.85. The Kier molecular flexibility index (Phi) is 1.79. The van der Waals surface area contributed by atoms with Crippen molar-refractivity contribution in [3.05, 3.63) is 12.3 Å². The maximum absolute atomic E-state index is 3.88. The highest BCUT2D eigenvalue weighted by Gasteiger charge is 2.19. The van der Waals surface area contributed by atoms with Crippen molar-refractivity contribution < 1.29 is 0 Å². The third kappa shape index (κ3) is 1.47. The van der Waals surface area contributed by atoms with Crippen molar-refractivity contribution in [2.24, 2.45) is 11.8 Å². The molecule has 1 atom stereocenters. The summed E-state index contributed by atoms with van der Waals surface area (Å²) in [6.45, 7) is 9.55. The van der Waals surface area contributed by atoms with E-state index in [0.717, 1.165) is 18.4 Å². The van der Waals surface area contributed by atoms with Crippen molar-refractivity contribution in [1.82, 2.24) is 5.32 Å². The van der Waals surface area contributed by atoms with Crippen molar-refractivity contribution in [3.63, 3.8) is 0 Å². The Morgan fingerprint density at radius 2 is 2.33 bits per heavy atom. The van der Waals surface area contributed by atoms with Crippen molar-refractivity contribution in [2.75, 3.05) is 6.54 Å². The van der Waals surface area contributed by atoms with E-state index < -0.39 is 0 Å². The maximum Gasteiger partial charge on any atom is 0.0178 e. The Bertz CT molecular complexity index is 116. The highest BCUT2D eigenvalue weighted by Crippen LogP contribution is 2.22. The summed E-state index contributed by atoms with van der Waals surface area (Å²) in [6.07, 6.45) is 1.18. The molecule has 0 aromatic rings. The normalized spacial score (nSPS) is 27.0. The van der Waals surface area contributed by atoms with Gasteiger partial charge in [-0.05, 0) is 18.3 Å². The quantitative estimate of drug-likeness (QED) is 0.563. The first kappa shape index (κ1) is 6.66. The summed E-state index contributed by atoms with van der Waals surface area (Å²) in [5.74, 6) is 1.63. The van der Waals surface area contributed by atoms with Gasteiger partial charge in [0, 0.05) is 12.2 Å². The fourth-order valence-electron chi connectivity index (χ4n) is 1.21. The lowest BCUT2D eigenvalue weighted by atomic mass is 9.95. The van der Waals surface area contributed by atoms with Crippen LogP contribution in [0.4, 0.5) is 0 Å². The standard InChI is InChI=1S/C8H15N/c1-6(2)8-4-7(3)9-5-8/h6,8-9H,3-5H2,1-2H3/t8-/m0/s1. The van der Waals surface area contributed by atoms with Gasteiger partial charge < -0.3 is 5.32 Å². The molecule has 0 bridgehead atoms. The van der Waals surface area contributed by atoms with E-state index in [1.54, 1.807) is 0 Å². The third-order valence-corrected chi connectivity index (χ3v) is 2.07. The van der Waals surface area contributed by atoms with Crippen LogP contribution in [0.5, 0.6) is 0 Å². The number of hydrogen-bond acceptors (Lipinski definition) is 1. The molecule has 52 valence electrons. The minimum absolute atomic E-state index is 0.803. The lowest BCUT2D eigenvalue weighted by Crippen LogP contribution is -2.12. The Morgan fingerprint density at radius 1 is 1.67 bits per heavy atom. The summed E-state index contributed by atoms with van der Waals surface area (Å²) in [5.41, 5.74) is 1.22. The van der Waals surface area contributed by atoms with Gasteiger partial charge in [0.15, 0.2) is 0 Å². The van der Waals surface area contributed by atoms with E-state index in [1.807, 2.05) is 0 Å². The molecule has 0 spiro atoms. The van der Waals surface area contributed by atoms with E-state index in [1.165, 1.54) is 12.1 Å². The van der Waals surface area contributed by atoms with Crippen LogP contribution in [-0.2, 0) is 0 Å². The van der Waals surface area contributed by atoms with E-state index in [2.05, 4.69) is 25.7 Å². The van der Waals surface area contributed by atoms with Crippen LogP contribution in [-0.4, -0.2) is 6.54 Å². The van der Waals surface area contributed by atoms with Crippen molar-refractivity contribution in [2.45, 2.75) is 20.3 Å². The average Bonchev–Trinajstić information content (AvgIpc) is 2.14. The zero-order valence-corrected chi connectivity index (χ0v) is 6.28. The van der Waals surface area contributed by atoms with E-state index >= 15 is 0 Å². The minimum atomic E-state index is 0.803. The maximum atomic E-state index is 3.88. The van der Waals surface area contributed by atoms with Gasteiger partial charge in [-0.1, -0.05) is 20.4 Å². The third-order valence-electron chi connectivity index (χ3n) is 2.07. The first-order chi connectivity index (χ1) is 4.20. The Balaban J connectivity index is 2.39. The molecule has 9 heavy (non-hydrogen) atoms. The second kappa shape index (κ2) is 2.42. The molecule has 0 amide bonds. The number of hydrogen-bond donors (Lipinski definition) is 1. The molecule has 0 aliphatic carbocycles. The van der Waals surface area contributed by atoms with Crippen LogP contribution in [0.2, 0.25) is 0 Å². The van der Waals surface area contributed by atoms with Crippen LogP contribution < -0.4 is 5.32 Å². The number of rotatable bonds is 1. The van der Waals surface area contributed by atoms with Crippen molar-refractivity contribution in [1.29, 1.82) is 0 Å². The van der Waals surface area contributed by atoms with E-state index in [4.69, 9.17) is 0 Å². The molecule has 1 aliphatic heterocycles. The van der Waals surface area contributed by atoms with Gasteiger partial charge in [-0.15, -0.1) is 0 Å². The lowest BCUT2D eigenvalue weighted by molar-refractivity contribution is 0.422. The molecule has 1 heteroatoms. The van der Waals surface area contributed by atoms with Gasteiger partial charge in [-0.25, -0.2) is 0 Å². The van der Waals surface area contributed by atoms with Crippen LogP contribution in [0.3, 0.4) is 0 Å². The first-order valence-corrected chi connectivity index (χ1v) is 3.62. The number of nitrogens with one attached hydrogen (secondary N) is 1. The molecule has 0 aromatic carbocycles. The van der Waals surface area contributed by atoms with Crippen LogP contribution in [0.25, 0.3) is 0 Å². The molecule has 1 heterocycles. The highest BCUT2D eigenvalue weighted by atomic mass is 14.9. The summed E-state index contributed by atoms with van der Waals surface area (Å²) in [7, 11) is 0. The van der Waals surface area contributed by atoms with Gasteiger partial charge in [0.2, 0.25) is 0 Å². The second-order valence-corrected chi connectivity index (χ2v) is 3.19. The largest absolute Gasteiger partial charge is 0.389 e. The van der Waals surface area contributed by atoms with E-state index in [0.29, 0.717) is 0 Å². The molecule has 1 fully saturated rings. The van der Waals surface area contributed by atoms with Gasteiger partial charge in [-0.3, -0.25) is 0 Å². The van der Waals surface area contributed by atoms with Crippen LogP contribution in [0, 0.1) is 11.8 Å². The van der Waals surface area contributed by atoms with E-state index in [9.17, 15) is 0 Å². The SMILES string of the molecule is C=C1C[C@H](C(C)C)CN1.